The second-order valence-corrected chi connectivity index (χ2v) is 5.22. The third kappa shape index (κ3) is 4.38. The highest BCUT2D eigenvalue weighted by molar-refractivity contribution is 5.94. The van der Waals surface area contributed by atoms with Crippen molar-refractivity contribution in [2.75, 3.05) is 0 Å². The highest BCUT2D eigenvalue weighted by Gasteiger charge is 2.09. The van der Waals surface area contributed by atoms with Crippen LogP contribution in [0.5, 0.6) is 11.6 Å². The molecule has 2 aromatic carbocycles. The molecule has 0 aliphatic carbocycles. The van der Waals surface area contributed by atoms with Crippen LogP contribution in [-0.2, 0) is 6.54 Å². The molecule has 0 saturated heterocycles. The van der Waals surface area contributed by atoms with Crippen molar-refractivity contribution in [3.05, 3.63) is 89.6 Å². The number of aromatic nitrogens is 1. The van der Waals surface area contributed by atoms with Gasteiger partial charge in [0.15, 0.2) is 0 Å². The van der Waals surface area contributed by atoms with Gasteiger partial charge in [-0.1, -0.05) is 18.2 Å². The molecule has 0 bridgehead atoms. The van der Waals surface area contributed by atoms with Crippen LogP contribution >= 0.6 is 0 Å². The zero-order valence-corrected chi connectivity index (χ0v) is 13.1. The van der Waals surface area contributed by atoms with Crippen molar-refractivity contribution in [2.45, 2.75) is 6.54 Å². The Morgan fingerprint density at radius 1 is 1.04 bits per heavy atom. The van der Waals surface area contributed by atoms with Crippen molar-refractivity contribution in [1.82, 2.24) is 10.3 Å². The van der Waals surface area contributed by atoms with Gasteiger partial charge >= 0.3 is 0 Å². The molecular formula is C19H14F2N2O2. The van der Waals surface area contributed by atoms with Gasteiger partial charge in [-0.2, -0.15) is 0 Å². The Morgan fingerprint density at radius 2 is 1.92 bits per heavy atom. The summed E-state index contributed by atoms with van der Waals surface area (Å²) in [6.07, 6.45) is 1.60. The normalized spacial score (nSPS) is 10.3. The Kier molecular flexibility index (Phi) is 4.99. The molecule has 1 aromatic heterocycles. The van der Waals surface area contributed by atoms with Crippen molar-refractivity contribution < 1.29 is 18.3 Å². The lowest BCUT2D eigenvalue weighted by Gasteiger charge is -2.08. The molecular weight excluding hydrogens is 326 g/mol. The molecule has 0 saturated carbocycles. The second-order valence-electron chi connectivity index (χ2n) is 5.22. The average Bonchev–Trinajstić information content (AvgIpc) is 2.62. The number of hydrogen-bond donors (Lipinski definition) is 1. The summed E-state index contributed by atoms with van der Waals surface area (Å²) in [5.74, 6) is -0.887. The molecule has 4 nitrogen and oxygen atoms in total. The van der Waals surface area contributed by atoms with Crippen LogP contribution in [0.25, 0.3) is 0 Å². The van der Waals surface area contributed by atoms with E-state index in [0.717, 1.165) is 12.1 Å². The SMILES string of the molecule is O=C(NCc1ccc(F)cc1F)c1cccc(Oc2ccccn2)c1. The quantitative estimate of drug-likeness (QED) is 0.761. The van der Waals surface area contributed by atoms with Crippen molar-refractivity contribution >= 4 is 5.91 Å². The van der Waals surface area contributed by atoms with Crippen LogP contribution in [0.1, 0.15) is 15.9 Å². The standard InChI is InChI=1S/C19H14F2N2O2/c20-15-8-7-14(17(21)11-15)12-23-19(24)13-4-3-5-16(10-13)25-18-6-1-2-9-22-18/h1-11H,12H2,(H,23,24). The number of rotatable bonds is 5. The van der Waals surface area contributed by atoms with E-state index in [0.29, 0.717) is 17.2 Å². The summed E-state index contributed by atoms with van der Waals surface area (Å²) in [5, 5.41) is 2.59. The summed E-state index contributed by atoms with van der Waals surface area (Å²) in [5.41, 5.74) is 0.562. The molecule has 0 atom stereocenters. The Hall–Kier alpha value is -3.28. The smallest absolute Gasteiger partial charge is 0.251 e. The maximum atomic E-state index is 13.6. The predicted molar refractivity (Wildman–Crippen MR) is 88.3 cm³/mol. The van der Waals surface area contributed by atoms with E-state index in [-0.39, 0.29) is 12.1 Å². The van der Waals surface area contributed by atoms with E-state index in [9.17, 15) is 13.6 Å². The zero-order chi connectivity index (χ0) is 17.6. The summed E-state index contributed by atoms with van der Waals surface area (Å²) < 4.78 is 32.1. The highest BCUT2D eigenvalue weighted by atomic mass is 19.1. The Labute approximate surface area is 143 Å². The first-order valence-corrected chi connectivity index (χ1v) is 7.53. The molecule has 0 aliphatic rings. The van der Waals surface area contributed by atoms with Crippen molar-refractivity contribution in [2.24, 2.45) is 0 Å². The third-order valence-electron chi connectivity index (χ3n) is 3.41. The van der Waals surface area contributed by atoms with Crippen LogP contribution in [0.2, 0.25) is 0 Å². The molecule has 25 heavy (non-hydrogen) atoms. The molecule has 0 spiro atoms. The van der Waals surface area contributed by atoms with Gasteiger partial charge < -0.3 is 10.1 Å². The summed E-state index contributed by atoms with van der Waals surface area (Å²) in [7, 11) is 0. The first-order valence-electron chi connectivity index (χ1n) is 7.53. The molecule has 3 rings (SSSR count). The minimum absolute atomic E-state index is 0.0454. The summed E-state index contributed by atoms with van der Waals surface area (Å²) >= 11 is 0. The predicted octanol–water partition coefficient (Wildman–Crippen LogP) is 4.08. The maximum Gasteiger partial charge on any atom is 0.251 e. The average molecular weight is 340 g/mol. The minimum atomic E-state index is -0.701. The molecule has 0 unspecified atom stereocenters. The number of carbonyl (C=O) groups excluding carboxylic acids is 1. The van der Waals surface area contributed by atoms with E-state index in [2.05, 4.69) is 10.3 Å². The number of amides is 1. The molecule has 1 amide bonds. The monoisotopic (exact) mass is 340 g/mol. The van der Waals surface area contributed by atoms with Gasteiger partial charge in [-0.25, -0.2) is 13.8 Å². The number of nitrogens with zero attached hydrogens (tertiary/aromatic N) is 1. The number of benzene rings is 2. The number of nitrogens with one attached hydrogen (secondary N) is 1. The van der Waals surface area contributed by atoms with Gasteiger partial charge in [0.2, 0.25) is 5.88 Å². The van der Waals surface area contributed by atoms with Gasteiger partial charge in [-0.15, -0.1) is 0 Å². The van der Waals surface area contributed by atoms with Crippen molar-refractivity contribution in [3.63, 3.8) is 0 Å². The topological polar surface area (TPSA) is 51.2 Å². The van der Waals surface area contributed by atoms with E-state index in [1.54, 1.807) is 48.7 Å². The fraction of sp³-hybridized carbons (Fsp3) is 0.0526. The van der Waals surface area contributed by atoms with Crippen LogP contribution < -0.4 is 10.1 Å². The Balaban J connectivity index is 1.67. The lowest BCUT2D eigenvalue weighted by Crippen LogP contribution is -2.23. The number of carbonyl (C=O) groups is 1. The summed E-state index contributed by atoms with van der Waals surface area (Å²) in [4.78, 5) is 16.3. The molecule has 126 valence electrons. The lowest BCUT2D eigenvalue weighted by atomic mass is 10.1. The first-order chi connectivity index (χ1) is 12.1. The van der Waals surface area contributed by atoms with Gasteiger partial charge in [-0.3, -0.25) is 4.79 Å². The van der Waals surface area contributed by atoms with Crippen LogP contribution in [-0.4, -0.2) is 10.9 Å². The Bertz CT molecular complexity index is 886. The van der Waals surface area contributed by atoms with E-state index in [1.807, 2.05) is 0 Å². The van der Waals surface area contributed by atoms with Gasteiger partial charge in [0, 0.05) is 36.0 Å². The van der Waals surface area contributed by atoms with Crippen molar-refractivity contribution in [1.29, 1.82) is 0 Å². The molecule has 1 N–H and O–H groups in total. The molecule has 0 radical (unpaired) electrons. The molecule has 0 aliphatic heterocycles. The van der Waals surface area contributed by atoms with Gasteiger partial charge in [-0.05, 0) is 30.3 Å². The van der Waals surface area contributed by atoms with Crippen molar-refractivity contribution in [3.8, 4) is 11.6 Å². The van der Waals surface area contributed by atoms with E-state index in [4.69, 9.17) is 4.74 Å². The Morgan fingerprint density at radius 3 is 2.68 bits per heavy atom. The van der Waals surface area contributed by atoms with Gasteiger partial charge in [0.05, 0.1) is 0 Å². The fourth-order valence-electron chi connectivity index (χ4n) is 2.17. The largest absolute Gasteiger partial charge is 0.439 e. The number of ether oxygens (including phenoxy) is 1. The van der Waals surface area contributed by atoms with Gasteiger partial charge in [0.1, 0.15) is 17.4 Å². The fourth-order valence-corrected chi connectivity index (χ4v) is 2.17. The molecule has 0 fully saturated rings. The molecule has 1 heterocycles. The number of pyridine rings is 1. The summed E-state index contributed by atoms with van der Waals surface area (Å²) in [6, 6.07) is 15.0. The second kappa shape index (κ2) is 7.53. The zero-order valence-electron chi connectivity index (χ0n) is 13.1. The molecule has 3 aromatic rings. The summed E-state index contributed by atoms with van der Waals surface area (Å²) in [6.45, 7) is -0.0454. The molecule has 6 heteroatoms. The van der Waals surface area contributed by atoms with Gasteiger partial charge in [0.25, 0.3) is 5.91 Å². The third-order valence-corrected chi connectivity index (χ3v) is 3.41. The van der Waals surface area contributed by atoms with E-state index < -0.39 is 17.5 Å². The van der Waals surface area contributed by atoms with Crippen LogP contribution in [0, 0.1) is 11.6 Å². The first kappa shape index (κ1) is 16.6. The van der Waals surface area contributed by atoms with Crippen LogP contribution in [0.4, 0.5) is 8.78 Å². The minimum Gasteiger partial charge on any atom is -0.439 e. The van der Waals surface area contributed by atoms with E-state index in [1.165, 1.54) is 6.07 Å². The lowest BCUT2D eigenvalue weighted by molar-refractivity contribution is 0.0950. The maximum absolute atomic E-state index is 13.6. The van der Waals surface area contributed by atoms with Crippen LogP contribution in [0.15, 0.2) is 66.9 Å². The van der Waals surface area contributed by atoms with E-state index >= 15 is 0 Å². The van der Waals surface area contributed by atoms with Crippen LogP contribution in [0.3, 0.4) is 0 Å². The number of halogens is 2. The highest BCUT2D eigenvalue weighted by Crippen LogP contribution is 2.20. The number of hydrogen-bond acceptors (Lipinski definition) is 3.